The van der Waals surface area contributed by atoms with E-state index in [4.69, 9.17) is 5.73 Å². The molecule has 3 rings (SSSR count). The highest BCUT2D eigenvalue weighted by Crippen LogP contribution is 2.26. The Labute approximate surface area is 132 Å². The van der Waals surface area contributed by atoms with Gasteiger partial charge in [-0.05, 0) is 41.5 Å². The fourth-order valence-corrected chi connectivity index (χ4v) is 3.25. The van der Waals surface area contributed by atoms with Crippen molar-refractivity contribution in [2.24, 2.45) is 0 Å². The summed E-state index contributed by atoms with van der Waals surface area (Å²) >= 11 is 0. The second-order valence-corrected chi connectivity index (χ2v) is 6.04. The Morgan fingerprint density at radius 3 is 2.14 bits per heavy atom. The highest BCUT2D eigenvalue weighted by Gasteiger charge is 2.11. The van der Waals surface area contributed by atoms with Crippen molar-refractivity contribution in [1.82, 2.24) is 0 Å². The van der Waals surface area contributed by atoms with Crippen LogP contribution in [0.15, 0.2) is 83.8 Å². The third kappa shape index (κ3) is 3.18. The highest BCUT2D eigenvalue weighted by molar-refractivity contribution is 7.86. The lowest BCUT2D eigenvalue weighted by Gasteiger charge is -2.11. The van der Waals surface area contributed by atoms with Gasteiger partial charge in [-0.2, -0.15) is 0 Å². The number of nitrogens with one attached hydrogen (secondary N) is 1. The van der Waals surface area contributed by atoms with Crippen molar-refractivity contribution in [2.45, 2.75) is 4.90 Å². The molecular weight excluding hydrogens is 292 g/mol. The summed E-state index contributed by atoms with van der Waals surface area (Å²) in [6.45, 7) is 0. The lowest BCUT2D eigenvalue weighted by atomic mass is 10.1. The number of hydrogen-bond donors (Lipinski definition) is 2. The molecule has 0 aliphatic rings. The van der Waals surface area contributed by atoms with Gasteiger partial charge in [-0.3, -0.25) is 0 Å². The van der Waals surface area contributed by atoms with E-state index in [1.807, 2.05) is 66.7 Å². The molecule has 1 atom stereocenters. The maximum atomic E-state index is 12.7. The highest BCUT2D eigenvalue weighted by atomic mass is 32.2. The number of hydrogen-bond acceptors (Lipinski definition) is 2. The van der Waals surface area contributed by atoms with Crippen molar-refractivity contribution < 1.29 is 4.21 Å². The molecule has 3 N–H and O–H groups in total. The summed E-state index contributed by atoms with van der Waals surface area (Å²) in [6.07, 6.45) is 0. The average molecular weight is 308 g/mol. The second kappa shape index (κ2) is 6.45. The molecule has 0 aliphatic carbocycles. The van der Waals surface area contributed by atoms with E-state index in [1.54, 1.807) is 12.1 Å². The number of nitrogen functional groups attached to an aromatic ring is 1. The van der Waals surface area contributed by atoms with Gasteiger partial charge in [0, 0.05) is 11.4 Å². The molecule has 110 valence electrons. The van der Waals surface area contributed by atoms with E-state index in [2.05, 4.69) is 4.72 Å². The minimum Gasteiger partial charge on any atom is -0.399 e. The summed E-state index contributed by atoms with van der Waals surface area (Å²) in [5.74, 6) is 0. The third-order valence-electron chi connectivity index (χ3n) is 3.29. The molecule has 0 spiro atoms. The van der Waals surface area contributed by atoms with Crippen LogP contribution in [0.4, 0.5) is 11.4 Å². The Bertz CT molecular complexity index is 786. The monoisotopic (exact) mass is 308 g/mol. The standard InChI is InChI=1S/C18H16N2OS/c19-15-10-12-16(13-11-15)20-22(21)18-9-5-4-8-17(18)14-6-2-1-3-7-14/h1-13,20H,19H2. The van der Waals surface area contributed by atoms with E-state index >= 15 is 0 Å². The van der Waals surface area contributed by atoms with Crippen molar-refractivity contribution in [3.8, 4) is 11.1 Å². The molecule has 0 fully saturated rings. The van der Waals surface area contributed by atoms with E-state index < -0.39 is 11.0 Å². The molecule has 0 saturated heterocycles. The molecule has 3 nitrogen and oxygen atoms in total. The Balaban J connectivity index is 1.91. The van der Waals surface area contributed by atoms with Crippen LogP contribution in [-0.4, -0.2) is 4.21 Å². The molecular formula is C18H16N2OS. The van der Waals surface area contributed by atoms with Crippen LogP contribution in [0.2, 0.25) is 0 Å². The summed E-state index contributed by atoms with van der Waals surface area (Å²) in [5.41, 5.74) is 9.13. The van der Waals surface area contributed by atoms with Crippen molar-refractivity contribution >= 4 is 22.4 Å². The van der Waals surface area contributed by atoms with Crippen LogP contribution in [0, 0.1) is 0 Å². The molecule has 4 heteroatoms. The normalized spacial score (nSPS) is 11.8. The number of anilines is 2. The fraction of sp³-hybridized carbons (Fsp3) is 0. The van der Waals surface area contributed by atoms with E-state index in [-0.39, 0.29) is 0 Å². The van der Waals surface area contributed by atoms with Gasteiger partial charge in [-0.15, -0.1) is 0 Å². The molecule has 22 heavy (non-hydrogen) atoms. The molecule has 0 heterocycles. The van der Waals surface area contributed by atoms with Crippen molar-refractivity contribution in [1.29, 1.82) is 0 Å². The average Bonchev–Trinajstić information content (AvgIpc) is 2.58. The van der Waals surface area contributed by atoms with E-state index in [1.165, 1.54) is 0 Å². The maximum Gasteiger partial charge on any atom is 0.150 e. The summed E-state index contributed by atoms with van der Waals surface area (Å²) in [6, 6.07) is 24.8. The number of nitrogens with two attached hydrogens (primary N) is 1. The fourth-order valence-electron chi connectivity index (χ4n) is 2.20. The molecule has 0 aromatic heterocycles. The first-order valence-electron chi connectivity index (χ1n) is 6.92. The van der Waals surface area contributed by atoms with Gasteiger partial charge in [0.15, 0.2) is 11.0 Å². The summed E-state index contributed by atoms with van der Waals surface area (Å²) < 4.78 is 15.7. The maximum absolute atomic E-state index is 12.7. The number of rotatable bonds is 4. The van der Waals surface area contributed by atoms with Crippen LogP contribution in [0.25, 0.3) is 11.1 Å². The largest absolute Gasteiger partial charge is 0.399 e. The molecule has 0 bridgehead atoms. The van der Waals surface area contributed by atoms with Gasteiger partial charge in [0.25, 0.3) is 0 Å². The Morgan fingerprint density at radius 2 is 1.41 bits per heavy atom. The second-order valence-electron chi connectivity index (χ2n) is 4.85. The van der Waals surface area contributed by atoms with Crippen LogP contribution in [0.3, 0.4) is 0 Å². The molecule has 3 aromatic carbocycles. The smallest absolute Gasteiger partial charge is 0.150 e. The first-order chi connectivity index (χ1) is 10.7. The summed E-state index contributed by atoms with van der Waals surface area (Å²) in [4.78, 5) is 0.755. The third-order valence-corrected chi connectivity index (χ3v) is 4.47. The van der Waals surface area contributed by atoms with Gasteiger partial charge in [0.1, 0.15) is 0 Å². The molecule has 0 saturated carbocycles. The number of benzene rings is 3. The van der Waals surface area contributed by atoms with Gasteiger partial charge in [0.05, 0.1) is 4.90 Å². The zero-order valence-electron chi connectivity index (χ0n) is 11.9. The predicted molar refractivity (Wildman–Crippen MR) is 92.8 cm³/mol. The van der Waals surface area contributed by atoms with Gasteiger partial charge >= 0.3 is 0 Å². The molecule has 3 aromatic rings. The Kier molecular flexibility index (Phi) is 4.21. The van der Waals surface area contributed by atoms with Crippen LogP contribution >= 0.6 is 0 Å². The SMILES string of the molecule is Nc1ccc(NS(=O)c2ccccc2-c2ccccc2)cc1. The molecule has 0 aliphatic heterocycles. The molecule has 0 amide bonds. The lowest BCUT2D eigenvalue weighted by molar-refractivity contribution is 0.686. The zero-order chi connectivity index (χ0) is 15.4. The van der Waals surface area contributed by atoms with Gasteiger partial charge in [-0.25, -0.2) is 4.21 Å². The van der Waals surface area contributed by atoms with Crippen LogP contribution in [0.5, 0.6) is 0 Å². The van der Waals surface area contributed by atoms with Crippen LogP contribution in [0.1, 0.15) is 0 Å². The predicted octanol–water partition coefficient (Wildman–Crippen LogP) is 4.07. The van der Waals surface area contributed by atoms with E-state index in [0.717, 1.165) is 21.7 Å². The van der Waals surface area contributed by atoms with E-state index in [9.17, 15) is 4.21 Å². The Hall–Kier alpha value is -2.59. The van der Waals surface area contributed by atoms with Crippen LogP contribution in [-0.2, 0) is 11.0 Å². The Morgan fingerprint density at radius 1 is 0.773 bits per heavy atom. The first-order valence-corrected chi connectivity index (χ1v) is 8.07. The zero-order valence-corrected chi connectivity index (χ0v) is 12.7. The minimum atomic E-state index is -1.34. The van der Waals surface area contributed by atoms with E-state index in [0.29, 0.717) is 5.69 Å². The topological polar surface area (TPSA) is 55.1 Å². The summed E-state index contributed by atoms with van der Waals surface area (Å²) in [5, 5.41) is 0. The van der Waals surface area contributed by atoms with Gasteiger partial charge in [-0.1, -0.05) is 48.5 Å². The van der Waals surface area contributed by atoms with Crippen molar-refractivity contribution in [3.63, 3.8) is 0 Å². The summed E-state index contributed by atoms with van der Waals surface area (Å²) in [7, 11) is -1.34. The quantitative estimate of drug-likeness (QED) is 0.714. The van der Waals surface area contributed by atoms with Crippen molar-refractivity contribution in [3.05, 3.63) is 78.9 Å². The lowest BCUT2D eigenvalue weighted by Crippen LogP contribution is -2.06. The first kappa shape index (κ1) is 14.4. The van der Waals surface area contributed by atoms with Crippen molar-refractivity contribution in [2.75, 3.05) is 10.5 Å². The van der Waals surface area contributed by atoms with Gasteiger partial charge < -0.3 is 10.5 Å². The molecule has 1 unspecified atom stereocenters. The van der Waals surface area contributed by atoms with Crippen LogP contribution < -0.4 is 10.5 Å². The van der Waals surface area contributed by atoms with Gasteiger partial charge in [0.2, 0.25) is 0 Å². The minimum absolute atomic E-state index is 0.681. The molecule has 0 radical (unpaired) electrons.